The lowest BCUT2D eigenvalue weighted by atomic mass is 10.1. The van der Waals surface area contributed by atoms with E-state index in [4.69, 9.17) is 4.74 Å². The molecule has 1 aromatic carbocycles. The Morgan fingerprint density at radius 2 is 2.03 bits per heavy atom. The SMILES string of the molecule is CC(O)c1ccc(Oc2ccc(CNC(=O)C3(NC(=O)C4CCC(=O)N4)CC3)nc2)c(C(F)(F)F)c1. The van der Waals surface area contributed by atoms with Gasteiger partial charge in [-0.2, -0.15) is 13.2 Å². The van der Waals surface area contributed by atoms with Gasteiger partial charge in [-0.1, -0.05) is 6.07 Å². The molecule has 0 spiro atoms. The number of hydrogen-bond acceptors (Lipinski definition) is 6. The molecule has 2 atom stereocenters. The fourth-order valence-corrected chi connectivity index (χ4v) is 3.83. The van der Waals surface area contributed by atoms with Crippen molar-refractivity contribution in [3.63, 3.8) is 0 Å². The van der Waals surface area contributed by atoms with Crippen LogP contribution in [0.4, 0.5) is 13.2 Å². The summed E-state index contributed by atoms with van der Waals surface area (Å²) < 4.78 is 45.8. The van der Waals surface area contributed by atoms with Crippen LogP contribution in [-0.2, 0) is 27.1 Å². The number of hydrogen-bond donors (Lipinski definition) is 4. The van der Waals surface area contributed by atoms with Gasteiger partial charge in [0.25, 0.3) is 0 Å². The van der Waals surface area contributed by atoms with Crippen molar-refractivity contribution in [2.75, 3.05) is 0 Å². The molecular weight excluding hydrogens is 481 g/mol. The molecule has 12 heteroatoms. The summed E-state index contributed by atoms with van der Waals surface area (Å²) in [6.45, 7) is 1.40. The number of nitrogens with one attached hydrogen (secondary N) is 3. The molecule has 2 unspecified atom stereocenters. The van der Waals surface area contributed by atoms with Gasteiger partial charge in [0, 0.05) is 6.42 Å². The molecule has 1 aliphatic heterocycles. The molecule has 3 amide bonds. The second kappa shape index (κ2) is 9.76. The molecule has 2 fully saturated rings. The van der Waals surface area contributed by atoms with E-state index < -0.39 is 41.1 Å². The maximum atomic E-state index is 13.5. The molecular formula is C24H25F3N4O5. The number of amides is 3. The summed E-state index contributed by atoms with van der Waals surface area (Å²) in [4.78, 5) is 40.4. The molecule has 192 valence electrons. The number of pyridine rings is 1. The normalized spacial score (nSPS) is 19.2. The van der Waals surface area contributed by atoms with Crippen molar-refractivity contribution in [1.29, 1.82) is 0 Å². The van der Waals surface area contributed by atoms with Crippen LogP contribution in [0.5, 0.6) is 11.5 Å². The number of nitrogens with zero attached hydrogens (tertiary/aromatic N) is 1. The molecule has 1 aromatic heterocycles. The second-order valence-electron chi connectivity index (χ2n) is 8.93. The molecule has 4 N–H and O–H groups in total. The van der Waals surface area contributed by atoms with Gasteiger partial charge in [0.1, 0.15) is 23.1 Å². The van der Waals surface area contributed by atoms with Crippen LogP contribution in [0.2, 0.25) is 0 Å². The molecule has 9 nitrogen and oxygen atoms in total. The highest BCUT2D eigenvalue weighted by atomic mass is 19.4. The molecule has 2 aliphatic rings. The zero-order chi connectivity index (χ0) is 26.1. The Hall–Kier alpha value is -3.67. The highest BCUT2D eigenvalue weighted by molar-refractivity contribution is 5.97. The van der Waals surface area contributed by atoms with Gasteiger partial charge in [-0.3, -0.25) is 19.4 Å². The van der Waals surface area contributed by atoms with E-state index >= 15 is 0 Å². The van der Waals surface area contributed by atoms with Gasteiger partial charge in [-0.05, 0) is 56.0 Å². The van der Waals surface area contributed by atoms with E-state index in [1.807, 2.05) is 0 Å². The van der Waals surface area contributed by atoms with Crippen LogP contribution in [-0.4, -0.2) is 39.4 Å². The first kappa shape index (κ1) is 25.4. The minimum absolute atomic E-state index is 0.0355. The van der Waals surface area contributed by atoms with Gasteiger partial charge in [-0.15, -0.1) is 0 Å². The van der Waals surface area contributed by atoms with Gasteiger partial charge in [0.15, 0.2) is 0 Å². The average Bonchev–Trinajstić information content (AvgIpc) is 3.48. The first-order valence-electron chi connectivity index (χ1n) is 11.4. The van der Waals surface area contributed by atoms with Crippen molar-refractivity contribution in [2.45, 2.75) is 63.0 Å². The van der Waals surface area contributed by atoms with Crippen LogP contribution in [0.15, 0.2) is 36.5 Å². The largest absolute Gasteiger partial charge is 0.455 e. The summed E-state index contributed by atoms with van der Waals surface area (Å²) in [5.74, 6) is -1.35. The number of aliphatic hydroxyl groups is 1. The third-order valence-electron chi connectivity index (χ3n) is 6.11. The maximum Gasteiger partial charge on any atom is 0.419 e. The van der Waals surface area contributed by atoms with Gasteiger partial charge in [-0.25, -0.2) is 0 Å². The molecule has 1 saturated carbocycles. The minimum atomic E-state index is -4.69. The van der Waals surface area contributed by atoms with Crippen molar-refractivity contribution < 1.29 is 37.4 Å². The summed E-state index contributed by atoms with van der Waals surface area (Å²) in [7, 11) is 0. The zero-order valence-corrected chi connectivity index (χ0v) is 19.3. The zero-order valence-electron chi connectivity index (χ0n) is 19.3. The number of ether oxygens (including phenoxy) is 1. The van der Waals surface area contributed by atoms with Crippen LogP contribution >= 0.6 is 0 Å². The smallest absolute Gasteiger partial charge is 0.419 e. The third kappa shape index (κ3) is 5.76. The Morgan fingerprint density at radius 3 is 2.58 bits per heavy atom. The number of carbonyl (C=O) groups excluding carboxylic acids is 3. The van der Waals surface area contributed by atoms with Gasteiger partial charge in [0.05, 0.1) is 30.1 Å². The number of rotatable bonds is 8. The highest BCUT2D eigenvalue weighted by Crippen LogP contribution is 2.39. The average molecular weight is 506 g/mol. The molecule has 1 saturated heterocycles. The monoisotopic (exact) mass is 506 g/mol. The molecule has 0 radical (unpaired) electrons. The van der Waals surface area contributed by atoms with Crippen molar-refractivity contribution in [1.82, 2.24) is 20.9 Å². The topological polar surface area (TPSA) is 130 Å². The summed E-state index contributed by atoms with van der Waals surface area (Å²) >= 11 is 0. The quantitative estimate of drug-likeness (QED) is 0.435. The molecule has 2 aromatic rings. The lowest BCUT2D eigenvalue weighted by Gasteiger charge is -2.19. The lowest BCUT2D eigenvalue weighted by Crippen LogP contribution is -2.53. The van der Waals surface area contributed by atoms with Gasteiger partial charge < -0.3 is 25.8 Å². The van der Waals surface area contributed by atoms with E-state index in [-0.39, 0.29) is 36.1 Å². The first-order chi connectivity index (χ1) is 17.0. The van der Waals surface area contributed by atoms with E-state index in [2.05, 4.69) is 20.9 Å². The van der Waals surface area contributed by atoms with E-state index in [0.717, 1.165) is 12.1 Å². The first-order valence-corrected chi connectivity index (χ1v) is 11.4. The predicted molar refractivity (Wildman–Crippen MR) is 120 cm³/mol. The molecule has 4 rings (SSSR count). The number of alkyl halides is 3. The Bertz CT molecular complexity index is 1160. The summed E-state index contributed by atoms with van der Waals surface area (Å²) in [6.07, 6.45) is -2.91. The van der Waals surface area contributed by atoms with E-state index in [1.54, 1.807) is 0 Å². The van der Waals surface area contributed by atoms with Crippen LogP contribution < -0.4 is 20.7 Å². The Labute approximate surface area is 204 Å². The van der Waals surface area contributed by atoms with E-state index in [1.165, 1.54) is 31.3 Å². The predicted octanol–water partition coefficient (Wildman–Crippen LogP) is 2.49. The molecule has 2 heterocycles. The Balaban J connectivity index is 1.34. The van der Waals surface area contributed by atoms with Crippen molar-refractivity contribution in [2.24, 2.45) is 0 Å². The maximum absolute atomic E-state index is 13.5. The summed E-state index contributed by atoms with van der Waals surface area (Å²) in [5.41, 5.74) is -1.50. The highest BCUT2D eigenvalue weighted by Gasteiger charge is 2.52. The van der Waals surface area contributed by atoms with E-state index in [0.29, 0.717) is 25.0 Å². The fraction of sp³-hybridized carbons (Fsp3) is 0.417. The summed E-state index contributed by atoms with van der Waals surface area (Å²) in [6, 6.07) is 5.61. The van der Waals surface area contributed by atoms with Crippen LogP contribution in [0.25, 0.3) is 0 Å². The molecule has 36 heavy (non-hydrogen) atoms. The molecule has 0 bridgehead atoms. The number of aliphatic hydroxyl groups excluding tert-OH is 1. The van der Waals surface area contributed by atoms with Crippen LogP contribution in [0, 0.1) is 0 Å². The minimum Gasteiger partial charge on any atom is -0.455 e. The fourth-order valence-electron chi connectivity index (χ4n) is 3.83. The standard InChI is InChI=1S/C24H25F3N4O5/c1-13(32)14-2-6-19(17(10-14)24(25,26)27)36-16-4-3-15(28-12-16)11-29-22(35)23(8-9-23)31-21(34)18-5-7-20(33)30-18/h2-4,6,10,12-13,18,32H,5,7-9,11H2,1H3,(H,29,35)(H,30,33)(H,31,34). The van der Waals surface area contributed by atoms with Gasteiger partial charge in [0.2, 0.25) is 17.7 Å². The van der Waals surface area contributed by atoms with Crippen molar-refractivity contribution >= 4 is 17.7 Å². The molecule has 1 aliphatic carbocycles. The Kier molecular flexibility index (Phi) is 6.90. The second-order valence-corrected chi connectivity index (χ2v) is 8.93. The Morgan fingerprint density at radius 1 is 1.28 bits per heavy atom. The number of aromatic nitrogens is 1. The van der Waals surface area contributed by atoms with Crippen molar-refractivity contribution in [3.05, 3.63) is 53.3 Å². The van der Waals surface area contributed by atoms with Crippen molar-refractivity contribution in [3.8, 4) is 11.5 Å². The third-order valence-corrected chi connectivity index (χ3v) is 6.11. The number of carbonyl (C=O) groups is 3. The number of benzene rings is 1. The number of halogens is 3. The van der Waals surface area contributed by atoms with E-state index in [9.17, 15) is 32.7 Å². The summed E-state index contributed by atoms with van der Waals surface area (Å²) in [5, 5.41) is 17.6. The lowest BCUT2D eigenvalue weighted by molar-refractivity contribution is -0.138. The van der Waals surface area contributed by atoms with Gasteiger partial charge >= 0.3 is 6.18 Å². The van der Waals surface area contributed by atoms with Crippen LogP contribution in [0.1, 0.15) is 55.5 Å². The van der Waals surface area contributed by atoms with Crippen LogP contribution in [0.3, 0.4) is 0 Å².